The summed E-state index contributed by atoms with van der Waals surface area (Å²) in [7, 11) is 1.74. The van der Waals surface area contributed by atoms with Crippen LogP contribution in [0.25, 0.3) is 11.0 Å². The van der Waals surface area contributed by atoms with Crippen molar-refractivity contribution in [1.29, 1.82) is 0 Å². The van der Waals surface area contributed by atoms with E-state index in [1.165, 1.54) is 44.3 Å². The van der Waals surface area contributed by atoms with Crippen LogP contribution < -0.4 is 14.4 Å². The van der Waals surface area contributed by atoms with Gasteiger partial charge >= 0.3 is 0 Å². The van der Waals surface area contributed by atoms with E-state index in [-0.39, 0.29) is 0 Å². The van der Waals surface area contributed by atoms with E-state index in [2.05, 4.69) is 44.1 Å². The minimum absolute atomic E-state index is 0.555. The Morgan fingerprint density at radius 1 is 0.971 bits per heavy atom. The highest BCUT2D eigenvalue weighted by Crippen LogP contribution is 2.32. The molecule has 186 valence electrons. The Bertz CT molecular complexity index is 1140. The number of nitrogens with zero attached hydrogens (tertiary/aromatic N) is 4. The molecule has 1 aromatic heterocycles. The SMILES string of the molecule is COc1cc(CN2CCCC2)cc(OC[C@H]2CC[C@H]3CN(c4noc5ccccc45)CCN3C2)c1. The summed E-state index contributed by atoms with van der Waals surface area (Å²) in [6.07, 6.45) is 5.00. The van der Waals surface area contributed by atoms with Crippen molar-refractivity contribution < 1.29 is 14.0 Å². The Balaban J connectivity index is 1.05. The molecule has 3 saturated heterocycles. The second kappa shape index (κ2) is 10.1. The van der Waals surface area contributed by atoms with Crippen molar-refractivity contribution in [2.45, 2.75) is 38.3 Å². The van der Waals surface area contributed by atoms with Gasteiger partial charge in [0.1, 0.15) is 11.5 Å². The lowest BCUT2D eigenvalue weighted by Crippen LogP contribution is -2.57. The number of aromatic nitrogens is 1. The van der Waals surface area contributed by atoms with Gasteiger partial charge in [-0.25, -0.2) is 0 Å². The molecule has 0 N–H and O–H groups in total. The molecule has 3 fully saturated rings. The molecule has 7 nitrogen and oxygen atoms in total. The van der Waals surface area contributed by atoms with Crippen LogP contribution in [0.3, 0.4) is 0 Å². The van der Waals surface area contributed by atoms with E-state index in [0.29, 0.717) is 12.0 Å². The van der Waals surface area contributed by atoms with Crippen molar-refractivity contribution in [1.82, 2.24) is 15.0 Å². The van der Waals surface area contributed by atoms with E-state index >= 15 is 0 Å². The molecule has 7 heteroatoms. The molecular formula is C28H36N4O3. The van der Waals surface area contributed by atoms with Gasteiger partial charge in [0.2, 0.25) is 0 Å². The van der Waals surface area contributed by atoms with Gasteiger partial charge in [0, 0.05) is 50.7 Å². The van der Waals surface area contributed by atoms with Gasteiger partial charge in [0.05, 0.1) is 19.1 Å². The van der Waals surface area contributed by atoms with E-state index in [4.69, 9.17) is 14.0 Å². The molecule has 0 spiro atoms. The zero-order valence-corrected chi connectivity index (χ0v) is 20.7. The lowest BCUT2D eigenvalue weighted by atomic mass is 9.91. The summed E-state index contributed by atoms with van der Waals surface area (Å²) in [5.74, 6) is 3.37. The number of rotatable bonds is 7. The number of para-hydroxylation sites is 1. The number of piperidine rings is 1. The molecule has 3 aliphatic heterocycles. The summed E-state index contributed by atoms with van der Waals surface area (Å²) in [4.78, 5) is 7.57. The number of ether oxygens (including phenoxy) is 2. The quantitative estimate of drug-likeness (QED) is 0.501. The zero-order chi connectivity index (χ0) is 23.6. The van der Waals surface area contributed by atoms with Gasteiger partial charge in [-0.05, 0) is 68.6 Å². The number of hydrogen-bond donors (Lipinski definition) is 0. The van der Waals surface area contributed by atoms with E-state index in [0.717, 1.165) is 67.6 Å². The Morgan fingerprint density at radius 2 is 1.83 bits per heavy atom. The van der Waals surface area contributed by atoms with E-state index in [1.54, 1.807) is 7.11 Å². The predicted molar refractivity (Wildman–Crippen MR) is 137 cm³/mol. The number of benzene rings is 2. The summed E-state index contributed by atoms with van der Waals surface area (Å²) in [6.45, 7) is 8.27. The predicted octanol–water partition coefficient (Wildman–Crippen LogP) is 4.41. The number of likely N-dealkylation sites (tertiary alicyclic amines) is 1. The van der Waals surface area contributed by atoms with Crippen LogP contribution in [-0.2, 0) is 6.54 Å². The number of methoxy groups -OCH3 is 1. The summed E-state index contributed by atoms with van der Waals surface area (Å²) in [5, 5.41) is 5.50. The fourth-order valence-corrected chi connectivity index (χ4v) is 6.02. The lowest BCUT2D eigenvalue weighted by molar-refractivity contribution is 0.0726. The summed E-state index contributed by atoms with van der Waals surface area (Å²) in [6, 6.07) is 15.1. The molecule has 35 heavy (non-hydrogen) atoms. The third kappa shape index (κ3) is 4.98. The van der Waals surface area contributed by atoms with Crippen LogP contribution in [0.2, 0.25) is 0 Å². The van der Waals surface area contributed by atoms with Crippen molar-refractivity contribution >= 4 is 16.8 Å². The van der Waals surface area contributed by atoms with E-state index < -0.39 is 0 Å². The van der Waals surface area contributed by atoms with Gasteiger partial charge in [0.15, 0.2) is 11.4 Å². The second-order valence-corrected chi connectivity index (χ2v) is 10.4. The molecule has 6 rings (SSSR count). The summed E-state index contributed by atoms with van der Waals surface area (Å²) < 4.78 is 17.5. The minimum atomic E-state index is 0.555. The number of piperazine rings is 1. The topological polar surface area (TPSA) is 54.2 Å². The van der Waals surface area contributed by atoms with Crippen LogP contribution in [0.1, 0.15) is 31.2 Å². The molecule has 0 bridgehead atoms. The average Bonchev–Trinajstić information content (AvgIpc) is 3.57. The molecule has 3 aromatic rings. The number of fused-ring (bicyclic) bond motifs is 2. The van der Waals surface area contributed by atoms with Crippen LogP contribution >= 0.6 is 0 Å². The van der Waals surface area contributed by atoms with Crippen LogP contribution in [0.4, 0.5) is 5.82 Å². The van der Waals surface area contributed by atoms with Crippen molar-refractivity contribution in [3.05, 3.63) is 48.0 Å². The first-order chi connectivity index (χ1) is 17.2. The van der Waals surface area contributed by atoms with Gasteiger partial charge in [-0.2, -0.15) is 0 Å². The first-order valence-electron chi connectivity index (χ1n) is 13.1. The zero-order valence-electron chi connectivity index (χ0n) is 20.7. The highest BCUT2D eigenvalue weighted by atomic mass is 16.5. The largest absolute Gasteiger partial charge is 0.497 e. The summed E-state index contributed by atoms with van der Waals surface area (Å²) >= 11 is 0. The Morgan fingerprint density at radius 3 is 2.71 bits per heavy atom. The summed E-state index contributed by atoms with van der Waals surface area (Å²) in [5.41, 5.74) is 2.15. The number of anilines is 1. The minimum Gasteiger partial charge on any atom is -0.497 e. The molecule has 0 unspecified atom stereocenters. The van der Waals surface area contributed by atoms with Gasteiger partial charge in [-0.15, -0.1) is 0 Å². The van der Waals surface area contributed by atoms with Gasteiger partial charge < -0.3 is 18.9 Å². The average molecular weight is 477 g/mol. The fourth-order valence-electron chi connectivity index (χ4n) is 6.02. The molecule has 0 aliphatic carbocycles. The lowest BCUT2D eigenvalue weighted by Gasteiger charge is -2.46. The van der Waals surface area contributed by atoms with Crippen molar-refractivity contribution in [3.8, 4) is 11.5 Å². The molecule has 2 aromatic carbocycles. The standard InChI is InChI=1S/C28H36N4O3/c1-33-24-14-22(17-30-10-4-5-11-30)15-25(16-24)34-20-21-8-9-23-19-32(13-12-31(23)18-21)28-26-6-2-3-7-27(26)35-29-28/h2-3,6-7,14-16,21,23H,4-5,8-13,17-20H2,1H3/t21-,23-/m0/s1. The van der Waals surface area contributed by atoms with Gasteiger partial charge in [-0.3, -0.25) is 9.80 Å². The third-order valence-electron chi connectivity index (χ3n) is 7.93. The molecule has 0 amide bonds. The van der Waals surface area contributed by atoms with Crippen molar-refractivity contribution in [2.24, 2.45) is 5.92 Å². The maximum atomic E-state index is 6.34. The normalized spacial score (nSPS) is 23.5. The maximum Gasteiger partial charge on any atom is 0.180 e. The van der Waals surface area contributed by atoms with Crippen molar-refractivity contribution in [2.75, 3.05) is 57.9 Å². The first kappa shape index (κ1) is 22.7. The smallest absolute Gasteiger partial charge is 0.180 e. The van der Waals surface area contributed by atoms with Crippen LogP contribution in [-0.4, -0.2) is 74.0 Å². The Labute approximate surface area is 207 Å². The molecule has 0 saturated carbocycles. The van der Waals surface area contributed by atoms with E-state index in [9.17, 15) is 0 Å². The van der Waals surface area contributed by atoms with Gasteiger partial charge in [-0.1, -0.05) is 17.3 Å². The Hall–Kier alpha value is -2.77. The third-order valence-corrected chi connectivity index (χ3v) is 7.93. The van der Waals surface area contributed by atoms with Crippen LogP contribution in [0, 0.1) is 5.92 Å². The fraction of sp³-hybridized carbons (Fsp3) is 0.536. The molecule has 2 atom stereocenters. The maximum absolute atomic E-state index is 6.34. The molecule has 4 heterocycles. The van der Waals surface area contributed by atoms with Crippen molar-refractivity contribution in [3.63, 3.8) is 0 Å². The second-order valence-electron chi connectivity index (χ2n) is 10.4. The first-order valence-corrected chi connectivity index (χ1v) is 13.1. The van der Waals surface area contributed by atoms with Crippen LogP contribution in [0.5, 0.6) is 11.5 Å². The molecular weight excluding hydrogens is 440 g/mol. The highest BCUT2D eigenvalue weighted by molar-refractivity contribution is 5.88. The monoisotopic (exact) mass is 476 g/mol. The molecule has 3 aliphatic rings. The highest BCUT2D eigenvalue weighted by Gasteiger charge is 2.34. The number of hydrogen-bond acceptors (Lipinski definition) is 7. The van der Waals surface area contributed by atoms with Crippen LogP contribution in [0.15, 0.2) is 47.0 Å². The molecule has 0 radical (unpaired) electrons. The van der Waals surface area contributed by atoms with Gasteiger partial charge in [0.25, 0.3) is 0 Å². The Kier molecular flexibility index (Phi) is 6.53. The van der Waals surface area contributed by atoms with E-state index in [1.807, 2.05) is 18.2 Å².